The molecule has 2 amide bonds. The summed E-state index contributed by atoms with van der Waals surface area (Å²) in [5.41, 5.74) is 0.849. The molecular formula is C18H27ClN2O2. The number of nitrogens with zero attached hydrogens (tertiary/aromatic N) is 1. The van der Waals surface area contributed by atoms with Crippen molar-refractivity contribution in [1.82, 2.24) is 10.2 Å². The van der Waals surface area contributed by atoms with Gasteiger partial charge in [-0.25, -0.2) is 0 Å². The molecule has 0 aliphatic rings. The first-order valence-electron chi connectivity index (χ1n) is 8.17. The van der Waals surface area contributed by atoms with E-state index in [-0.39, 0.29) is 11.8 Å². The molecule has 1 rings (SSSR count). The molecule has 0 aliphatic carbocycles. The van der Waals surface area contributed by atoms with Crippen molar-refractivity contribution in [3.63, 3.8) is 0 Å². The highest BCUT2D eigenvalue weighted by Crippen LogP contribution is 2.19. The van der Waals surface area contributed by atoms with E-state index in [4.69, 9.17) is 11.6 Å². The molecule has 5 heteroatoms. The van der Waals surface area contributed by atoms with E-state index >= 15 is 0 Å². The molecule has 0 heterocycles. The number of nitrogens with one attached hydrogen (secondary N) is 1. The highest BCUT2D eigenvalue weighted by molar-refractivity contribution is 6.31. The number of hydrogen-bond donors (Lipinski definition) is 1. The van der Waals surface area contributed by atoms with E-state index in [2.05, 4.69) is 5.32 Å². The van der Waals surface area contributed by atoms with Crippen molar-refractivity contribution in [1.29, 1.82) is 0 Å². The molecule has 128 valence electrons. The summed E-state index contributed by atoms with van der Waals surface area (Å²) in [6.45, 7) is 8.73. The Hall–Kier alpha value is -1.55. The lowest BCUT2D eigenvalue weighted by molar-refractivity contribution is -0.140. The van der Waals surface area contributed by atoms with Gasteiger partial charge in [0, 0.05) is 24.5 Å². The van der Waals surface area contributed by atoms with Crippen molar-refractivity contribution in [3.8, 4) is 0 Å². The number of rotatable bonds is 8. The van der Waals surface area contributed by atoms with Gasteiger partial charge in [-0.05, 0) is 30.9 Å². The summed E-state index contributed by atoms with van der Waals surface area (Å²) in [7, 11) is 0. The van der Waals surface area contributed by atoms with E-state index in [1.165, 1.54) is 0 Å². The van der Waals surface area contributed by atoms with Crippen molar-refractivity contribution in [3.05, 3.63) is 34.9 Å². The molecule has 0 spiro atoms. The predicted molar refractivity (Wildman–Crippen MR) is 94.2 cm³/mol. The van der Waals surface area contributed by atoms with Gasteiger partial charge in [0.05, 0.1) is 0 Å². The molecule has 1 N–H and O–H groups in total. The van der Waals surface area contributed by atoms with Gasteiger partial charge in [0.1, 0.15) is 6.04 Å². The highest BCUT2D eigenvalue weighted by Gasteiger charge is 2.26. The van der Waals surface area contributed by atoms with Crippen molar-refractivity contribution in [2.45, 2.75) is 53.1 Å². The van der Waals surface area contributed by atoms with Gasteiger partial charge in [-0.15, -0.1) is 0 Å². The summed E-state index contributed by atoms with van der Waals surface area (Å²) in [5.74, 6) is 0.212. The minimum absolute atomic E-state index is 0.0281. The average Bonchev–Trinajstić information content (AvgIpc) is 2.51. The summed E-state index contributed by atoms with van der Waals surface area (Å²) >= 11 is 6.20. The Morgan fingerprint density at radius 2 is 1.87 bits per heavy atom. The van der Waals surface area contributed by atoms with Gasteiger partial charge in [0.25, 0.3) is 0 Å². The van der Waals surface area contributed by atoms with Gasteiger partial charge in [-0.2, -0.15) is 0 Å². The number of halogens is 1. The molecule has 23 heavy (non-hydrogen) atoms. The molecule has 0 saturated heterocycles. The fraction of sp³-hybridized carbons (Fsp3) is 0.556. The van der Waals surface area contributed by atoms with Gasteiger partial charge in [0.15, 0.2) is 0 Å². The average molecular weight is 339 g/mol. The van der Waals surface area contributed by atoms with Crippen molar-refractivity contribution < 1.29 is 9.59 Å². The molecule has 4 nitrogen and oxygen atoms in total. The maximum Gasteiger partial charge on any atom is 0.242 e. The van der Waals surface area contributed by atoms with Crippen LogP contribution in [0.25, 0.3) is 0 Å². The van der Waals surface area contributed by atoms with Crippen LogP contribution in [0.15, 0.2) is 24.3 Å². The van der Waals surface area contributed by atoms with Gasteiger partial charge >= 0.3 is 0 Å². The first-order valence-corrected chi connectivity index (χ1v) is 8.55. The van der Waals surface area contributed by atoms with Crippen LogP contribution in [0, 0.1) is 5.92 Å². The fourth-order valence-electron chi connectivity index (χ4n) is 2.20. The molecule has 1 aromatic rings. The SMILES string of the molecule is CCCC(=O)N(Cc1ccccc1Cl)[C@@H](C)C(=O)NCC(C)C. The van der Waals surface area contributed by atoms with E-state index in [9.17, 15) is 9.59 Å². The van der Waals surface area contributed by atoms with Crippen LogP contribution < -0.4 is 5.32 Å². The van der Waals surface area contributed by atoms with E-state index < -0.39 is 6.04 Å². The lowest BCUT2D eigenvalue weighted by Crippen LogP contribution is -2.48. The Kier molecular flexibility index (Phi) is 8.10. The Bertz CT molecular complexity index is 532. The molecule has 0 fully saturated rings. The van der Waals surface area contributed by atoms with Gasteiger partial charge in [-0.1, -0.05) is 50.6 Å². The van der Waals surface area contributed by atoms with Crippen LogP contribution in [0.3, 0.4) is 0 Å². The molecule has 1 atom stereocenters. The summed E-state index contributed by atoms with van der Waals surface area (Å²) in [6, 6.07) is 6.88. The maximum atomic E-state index is 12.4. The normalized spacial score (nSPS) is 12.1. The van der Waals surface area contributed by atoms with Crippen LogP contribution in [-0.4, -0.2) is 29.3 Å². The lowest BCUT2D eigenvalue weighted by atomic mass is 10.1. The number of amides is 2. The van der Waals surface area contributed by atoms with Gasteiger partial charge in [0.2, 0.25) is 11.8 Å². The standard InChI is InChI=1S/C18H27ClN2O2/c1-5-8-17(22)21(12-15-9-6-7-10-16(15)19)14(4)18(23)20-11-13(2)3/h6-7,9-10,13-14H,5,8,11-12H2,1-4H3,(H,20,23)/t14-/m0/s1. The quantitative estimate of drug-likeness (QED) is 0.786. The molecule has 0 unspecified atom stereocenters. The fourth-order valence-corrected chi connectivity index (χ4v) is 2.40. The predicted octanol–water partition coefficient (Wildman–Crippen LogP) is 3.63. The molecule has 0 radical (unpaired) electrons. The lowest BCUT2D eigenvalue weighted by Gasteiger charge is -2.29. The zero-order valence-corrected chi connectivity index (χ0v) is 15.2. The van der Waals surface area contributed by atoms with Crippen LogP contribution in [-0.2, 0) is 16.1 Å². The second-order valence-corrected chi connectivity index (χ2v) is 6.59. The van der Waals surface area contributed by atoms with Gasteiger partial charge in [-0.3, -0.25) is 9.59 Å². The molecule has 0 aromatic heterocycles. The van der Waals surface area contributed by atoms with Crippen molar-refractivity contribution in [2.75, 3.05) is 6.54 Å². The van der Waals surface area contributed by atoms with Crippen LogP contribution in [0.2, 0.25) is 5.02 Å². The van der Waals surface area contributed by atoms with E-state index in [1.807, 2.05) is 39.0 Å². The summed E-state index contributed by atoms with van der Waals surface area (Å²) in [5, 5.41) is 3.50. The molecule has 0 saturated carbocycles. The summed E-state index contributed by atoms with van der Waals surface area (Å²) in [6.07, 6.45) is 1.17. The van der Waals surface area contributed by atoms with Crippen molar-refractivity contribution >= 4 is 23.4 Å². The second-order valence-electron chi connectivity index (χ2n) is 6.18. The van der Waals surface area contributed by atoms with Crippen molar-refractivity contribution in [2.24, 2.45) is 5.92 Å². The van der Waals surface area contributed by atoms with Crippen LogP contribution in [0.4, 0.5) is 0 Å². The second kappa shape index (κ2) is 9.56. The number of benzene rings is 1. The first-order chi connectivity index (χ1) is 10.9. The minimum Gasteiger partial charge on any atom is -0.354 e. The number of carbonyl (C=O) groups excluding carboxylic acids is 2. The summed E-state index contributed by atoms with van der Waals surface area (Å²) < 4.78 is 0. The summed E-state index contributed by atoms with van der Waals surface area (Å²) in [4.78, 5) is 26.4. The molecule has 0 aliphatic heterocycles. The monoisotopic (exact) mass is 338 g/mol. The third-order valence-corrected chi connectivity index (χ3v) is 3.98. The smallest absolute Gasteiger partial charge is 0.242 e. The van der Waals surface area contributed by atoms with Gasteiger partial charge < -0.3 is 10.2 Å². The Morgan fingerprint density at radius 1 is 1.22 bits per heavy atom. The van der Waals surface area contributed by atoms with E-state index in [1.54, 1.807) is 17.9 Å². The Balaban J connectivity index is 2.89. The van der Waals surface area contributed by atoms with E-state index in [0.717, 1.165) is 12.0 Å². The topological polar surface area (TPSA) is 49.4 Å². The van der Waals surface area contributed by atoms with Crippen LogP contribution in [0.5, 0.6) is 0 Å². The van der Waals surface area contributed by atoms with Crippen LogP contribution >= 0.6 is 11.6 Å². The zero-order chi connectivity index (χ0) is 17.4. The third kappa shape index (κ3) is 6.22. The number of hydrogen-bond acceptors (Lipinski definition) is 2. The first kappa shape index (κ1) is 19.5. The van der Waals surface area contributed by atoms with E-state index in [0.29, 0.717) is 30.5 Å². The highest BCUT2D eigenvalue weighted by atomic mass is 35.5. The zero-order valence-electron chi connectivity index (χ0n) is 14.4. The number of carbonyl (C=O) groups is 2. The molecule has 1 aromatic carbocycles. The Labute approximate surface area is 144 Å². The van der Waals surface area contributed by atoms with Crippen LogP contribution in [0.1, 0.15) is 46.1 Å². The molecule has 0 bridgehead atoms. The minimum atomic E-state index is -0.524. The molecular weight excluding hydrogens is 312 g/mol. The maximum absolute atomic E-state index is 12.4. The Morgan fingerprint density at radius 3 is 2.43 bits per heavy atom. The largest absolute Gasteiger partial charge is 0.354 e. The third-order valence-electron chi connectivity index (χ3n) is 3.61.